The predicted molar refractivity (Wildman–Crippen MR) is 50.3 cm³/mol. The molecule has 0 atom stereocenters. The van der Waals surface area contributed by atoms with Crippen LogP contribution in [0, 0.1) is 6.92 Å². The zero-order chi connectivity index (χ0) is 9.31. The molecule has 1 aromatic rings. The lowest BCUT2D eigenvalue weighted by molar-refractivity contribution is 0.206. The first kappa shape index (κ1) is 8.75. The van der Waals surface area contributed by atoms with Gasteiger partial charge in [0.2, 0.25) is 0 Å². The van der Waals surface area contributed by atoms with Gasteiger partial charge in [-0.15, -0.1) is 0 Å². The zero-order valence-corrected chi connectivity index (χ0v) is 8.26. The maximum absolute atomic E-state index is 4.87. The van der Waals surface area contributed by atoms with Gasteiger partial charge < -0.3 is 9.84 Å². The van der Waals surface area contributed by atoms with E-state index in [9.17, 15) is 0 Å². The molecule has 13 heavy (non-hydrogen) atoms. The number of hydrogen-bond acceptors (Lipinski definition) is 3. The van der Waals surface area contributed by atoms with Crippen molar-refractivity contribution in [3.63, 3.8) is 0 Å². The molecule has 0 aromatic carbocycles. The van der Waals surface area contributed by atoms with E-state index in [4.69, 9.17) is 4.52 Å². The second-order valence-electron chi connectivity index (χ2n) is 4.19. The van der Waals surface area contributed by atoms with Gasteiger partial charge in [0.05, 0.1) is 5.69 Å². The van der Waals surface area contributed by atoms with Crippen molar-refractivity contribution in [1.82, 2.24) is 10.5 Å². The minimum Gasteiger partial charge on any atom is -0.364 e. The Kier molecular flexibility index (Phi) is 2.12. The highest BCUT2D eigenvalue weighted by atomic mass is 16.5. The van der Waals surface area contributed by atoms with Crippen LogP contribution in [0.25, 0.3) is 0 Å². The molecule has 0 bridgehead atoms. The van der Waals surface area contributed by atoms with E-state index in [2.05, 4.69) is 17.4 Å². The molecule has 0 spiro atoms. The predicted octanol–water partition coefficient (Wildman–Crippen LogP) is 2.02. The molecule has 0 aliphatic heterocycles. The molecule has 0 amide bonds. The summed E-state index contributed by atoms with van der Waals surface area (Å²) in [4.78, 5) is 0. The molecular formula is C10H16N2O. The summed E-state index contributed by atoms with van der Waals surface area (Å²) in [6, 6.07) is 0. The van der Waals surface area contributed by atoms with Crippen molar-refractivity contribution in [3.8, 4) is 0 Å². The standard InChI is InChI=1S/C10H16N2O/c1-8-9(7-13-12-8)6-11-10(2)4-3-5-10/h7,11H,3-6H2,1-2H3. The van der Waals surface area contributed by atoms with Crippen LogP contribution in [-0.4, -0.2) is 10.7 Å². The maximum Gasteiger partial charge on any atom is 0.128 e. The first-order chi connectivity index (χ1) is 6.20. The topological polar surface area (TPSA) is 38.1 Å². The van der Waals surface area contributed by atoms with Crippen LogP contribution in [0.1, 0.15) is 37.4 Å². The number of aryl methyl sites for hydroxylation is 1. The van der Waals surface area contributed by atoms with Crippen LogP contribution < -0.4 is 5.32 Å². The van der Waals surface area contributed by atoms with E-state index in [0.29, 0.717) is 5.54 Å². The Labute approximate surface area is 78.5 Å². The molecule has 1 N–H and O–H groups in total. The third kappa shape index (κ3) is 1.75. The highest BCUT2D eigenvalue weighted by Crippen LogP contribution is 2.31. The van der Waals surface area contributed by atoms with Gasteiger partial charge in [0.15, 0.2) is 0 Å². The number of nitrogens with zero attached hydrogens (tertiary/aromatic N) is 1. The zero-order valence-electron chi connectivity index (χ0n) is 8.26. The molecule has 1 saturated carbocycles. The van der Waals surface area contributed by atoms with E-state index in [0.717, 1.165) is 12.2 Å². The fourth-order valence-electron chi connectivity index (χ4n) is 1.68. The summed E-state index contributed by atoms with van der Waals surface area (Å²) in [6.45, 7) is 5.13. The van der Waals surface area contributed by atoms with Gasteiger partial charge in [-0.25, -0.2) is 0 Å². The Hall–Kier alpha value is -0.830. The Morgan fingerprint density at radius 3 is 2.85 bits per heavy atom. The average Bonchev–Trinajstić information content (AvgIpc) is 2.44. The van der Waals surface area contributed by atoms with Crippen molar-refractivity contribution >= 4 is 0 Å². The van der Waals surface area contributed by atoms with Crippen LogP contribution in [0.15, 0.2) is 10.8 Å². The third-order valence-corrected chi connectivity index (χ3v) is 3.01. The minimum absolute atomic E-state index is 0.365. The Morgan fingerprint density at radius 2 is 2.38 bits per heavy atom. The van der Waals surface area contributed by atoms with Gasteiger partial charge in [-0.3, -0.25) is 0 Å². The molecule has 3 heteroatoms. The van der Waals surface area contributed by atoms with Gasteiger partial charge in [-0.05, 0) is 33.1 Å². The van der Waals surface area contributed by atoms with Crippen molar-refractivity contribution in [2.75, 3.05) is 0 Å². The highest BCUT2D eigenvalue weighted by molar-refractivity contribution is 5.12. The molecule has 0 unspecified atom stereocenters. The van der Waals surface area contributed by atoms with E-state index in [1.165, 1.54) is 24.8 Å². The van der Waals surface area contributed by atoms with Crippen molar-refractivity contribution in [1.29, 1.82) is 0 Å². The number of nitrogens with one attached hydrogen (secondary N) is 1. The second kappa shape index (κ2) is 3.14. The summed E-state index contributed by atoms with van der Waals surface area (Å²) in [6.07, 6.45) is 5.66. The first-order valence-electron chi connectivity index (χ1n) is 4.84. The molecule has 1 heterocycles. The van der Waals surface area contributed by atoms with Gasteiger partial charge in [0, 0.05) is 17.6 Å². The Balaban J connectivity index is 1.89. The molecule has 3 nitrogen and oxygen atoms in total. The molecule has 1 aliphatic carbocycles. The van der Waals surface area contributed by atoms with E-state index >= 15 is 0 Å². The average molecular weight is 180 g/mol. The van der Waals surface area contributed by atoms with Crippen molar-refractivity contribution < 1.29 is 4.52 Å². The Bertz CT molecular complexity index is 289. The monoisotopic (exact) mass is 180 g/mol. The smallest absolute Gasteiger partial charge is 0.128 e. The first-order valence-corrected chi connectivity index (χ1v) is 4.84. The number of rotatable bonds is 3. The van der Waals surface area contributed by atoms with Gasteiger partial charge >= 0.3 is 0 Å². The van der Waals surface area contributed by atoms with Crippen LogP contribution in [0.4, 0.5) is 0 Å². The molecule has 0 saturated heterocycles. The third-order valence-electron chi connectivity index (χ3n) is 3.01. The largest absolute Gasteiger partial charge is 0.364 e. The van der Waals surface area contributed by atoms with Crippen LogP contribution in [0.2, 0.25) is 0 Å². The normalized spacial score (nSPS) is 19.8. The molecule has 1 aliphatic rings. The van der Waals surface area contributed by atoms with E-state index in [-0.39, 0.29) is 0 Å². The summed E-state index contributed by atoms with van der Waals surface area (Å²) in [7, 11) is 0. The van der Waals surface area contributed by atoms with Gasteiger partial charge in [0.25, 0.3) is 0 Å². The van der Waals surface area contributed by atoms with Crippen molar-refractivity contribution in [2.24, 2.45) is 0 Å². The minimum atomic E-state index is 0.365. The van der Waals surface area contributed by atoms with E-state index < -0.39 is 0 Å². The molecule has 72 valence electrons. The second-order valence-corrected chi connectivity index (χ2v) is 4.19. The summed E-state index contributed by atoms with van der Waals surface area (Å²) >= 11 is 0. The SMILES string of the molecule is Cc1nocc1CNC1(C)CCC1. The Morgan fingerprint density at radius 1 is 1.62 bits per heavy atom. The van der Waals surface area contributed by atoms with Gasteiger partial charge in [0.1, 0.15) is 6.26 Å². The lowest BCUT2D eigenvalue weighted by Crippen LogP contribution is -2.47. The van der Waals surface area contributed by atoms with Crippen LogP contribution >= 0.6 is 0 Å². The van der Waals surface area contributed by atoms with Crippen LogP contribution in [-0.2, 0) is 6.54 Å². The maximum atomic E-state index is 4.87. The lowest BCUT2D eigenvalue weighted by atomic mass is 9.78. The molecule has 1 fully saturated rings. The lowest BCUT2D eigenvalue weighted by Gasteiger charge is -2.39. The summed E-state index contributed by atoms with van der Waals surface area (Å²) in [5.74, 6) is 0. The number of hydrogen-bond donors (Lipinski definition) is 1. The molecule has 1 aromatic heterocycles. The van der Waals surface area contributed by atoms with Crippen molar-refractivity contribution in [3.05, 3.63) is 17.5 Å². The fraction of sp³-hybridized carbons (Fsp3) is 0.700. The quantitative estimate of drug-likeness (QED) is 0.773. The van der Waals surface area contributed by atoms with Gasteiger partial charge in [-0.1, -0.05) is 5.16 Å². The van der Waals surface area contributed by atoms with Gasteiger partial charge in [-0.2, -0.15) is 0 Å². The summed E-state index contributed by atoms with van der Waals surface area (Å²) < 4.78 is 4.87. The number of aromatic nitrogens is 1. The van der Waals surface area contributed by atoms with Crippen LogP contribution in [0.3, 0.4) is 0 Å². The summed E-state index contributed by atoms with van der Waals surface area (Å²) in [5.41, 5.74) is 2.53. The highest BCUT2D eigenvalue weighted by Gasteiger charge is 2.30. The van der Waals surface area contributed by atoms with Crippen molar-refractivity contribution in [2.45, 2.75) is 45.2 Å². The fourth-order valence-corrected chi connectivity index (χ4v) is 1.68. The van der Waals surface area contributed by atoms with E-state index in [1.54, 1.807) is 6.26 Å². The molecular weight excluding hydrogens is 164 g/mol. The van der Waals surface area contributed by atoms with E-state index in [1.807, 2.05) is 6.92 Å². The summed E-state index contributed by atoms with van der Waals surface area (Å²) in [5, 5.41) is 7.38. The molecule has 2 rings (SSSR count). The molecule has 0 radical (unpaired) electrons. The van der Waals surface area contributed by atoms with Crippen LogP contribution in [0.5, 0.6) is 0 Å².